The number of benzene rings is 3. The van der Waals surface area contributed by atoms with E-state index in [1.165, 1.54) is 12.1 Å². The first-order valence-electron chi connectivity index (χ1n) is 9.24. The zero-order valence-corrected chi connectivity index (χ0v) is 17.7. The molecule has 0 saturated carbocycles. The molecular formula is C23H19Cl2NO4. The molecule has 3 rings (SSSR count). The van der Waals surface area contributed by atoms with E-state index >= 15 is 0 Å². The van der Waals surface area contributed by atoms with Gasteiger partial charge in [-0.05, 0) is 60.5 Å². The molecule has 30 heavy (non-hydrogen) atoms. The number of esters is 1. The highest BCUT2D eigenvalue weighted by Gasteiger charge is 2.11. The summed E-state index contributed by atoms with van der Waals surface area (Å²) in [6.07, 6.45) is 0.801. The Morgan fingerprint density at radius 1 is 0.967 bits per heavy atom. The fourth-order valence-electron chi connectivity index (χ4n) is 2.70. The van der Waals surface area contributed by atoms with Crippen molar-refractivity contribution in [3.63, 3.8) is 0 Å². The molecule has 0 spiro atoms. The quantitative estimate of drug-likeness (QED) is 0.370. The third-order valence-corrected chi connectivity index (χ3v) is 4.79. The van der Waals surface area contributed by atoms with E-state index in [1.807, 2.05) is 31.2 Å². The maximum absolute atomic E-state index is 12.4. The van der Waals surface area contributed by atoms with Gasteiger partial charge in [-0.1, -0.05) is 48.3 Å². The largest absolute Gasteiger partial charge is 0.482 e. The van der Waals surface area contributed by atoms with Crippen LogP contribution < -0.4 is 14.8 Å². The van der Waals surface area contributed by atoms with Crippen LogP contribution in [-0.4, -0.2) is 18.5 Å². The summed E-state index contributed by atoms with van der Waals surface area (Å²) in [5.41, 5.74) is 1.80. The summed E-state index contributed by atoms with van der Waals surface area (Å²) in [7, 11) is 0. The number of ether oxygens (including phenoxy) is 2. The van der Waals surface area contributed by atoms with Crippen LogP contribution in [0.4, 0.5) is 5.69 Å². The molecule has 154 valence electrons. The number of nitrogens with one attached hydrogen (secondary N) is 1. The van der Waals surface area contributed by atoms with E-state index in [-0.39, 0.29) is 12.5 Å². The Kier molecular flexibility index (Phi) is 7.33. The average molecular weight is 444 g/mol. The highest BCUT2D eigenvalue weighted by molar-refractivity contribution is 6.35. The van der Waals surface area contributed by atoms with Crippen molar-refractivity contribution in [3.05, 3.63) is 87.9 Å². The summed E-state index contributed by atoms with van der Waals surface area (Å²) in [5, 5.41) is 3.53. The Morgan fingerprint density at radius 2 is 1.70 bits per heavy atom. The molecule has 1 amide bonds. The number of para-hydroxylation sites is 1. The number of hydrogen-bond donors (Lipinski definition) is 1. The van der Waals surface area contributed by atoms with Gasteiger partial charge in [0.2, 0.25) is 0 Å². The first kappa shape index (κ1) is 21.7. The number of halogens is 2. The lowest BCUT2D eigenvalue weighted by atomic mass is 10.1. The minimum Gasteiger partial charge on any atom is -0.482 e. The van der Waals surface area contributed by atoms with Crippen LogP contribution in [0, 0.1) is 0 Å². The van der Waals surface area contributed by atoms with Crippen LogP contribution in [0.5, 0.6) is 11.5 Å². The molecule has 3 aromatic rings. The molecule has 3 aromatic carbocycles. The van der Waals surface area contributed by atoms with Crippen molar-refractivity contribution < 1.29 is 19.1 Å². The number of anilines is 1. The summed E-state index contributed by atoms with van der Waals surface area (Å²) in [6.45, 7) is 1.80. The molecule has 0 radical (unpaired) electrons. The van der Waals surface area contributed by atoms with Gasteiger partial charge in [-0.15, -0.1) is 0 Å². The van der Waals surface area contributed by atoms with E-state index in [0.29, 0.717) is 32.8 Å². The van der Waals surface area contributed by atoms with Crippen LogP contribution in [0.3, 0.4) is 0 Å². The SMILES string of the molecule is CCc1ccccc1OCC(=O)Oc1ccc(C(=O)Nc2cc(Cl)ccc2Cl)cc1. The second kappa shape index (κ2) is 10.1. The van der Waals surface area contributed by atoms with Crippen LogP contribution in [0.1, 0.15) is 22.8 Å². The highest BCUT2D eigenvalue weighted by atomic mass is 35.5. The molecule has 0 aromatic heterocycles. The van der Waals surface area contributed by atoms with E-state index in [2.05, 4.69) is 5.32 Å². The molecule has 0 aliphatic heterocycles. The lowest BCUT2D eigenvalue weighted by Crippen LogP contribution is -2.18. The third kappa shape index (κ3) is 5.75. The maximum Gasteiger partial charge on any atom is 0.349 e. The zero-order valence-electron chi connectivity index (χ0n) is 16.2. The van der Waals surface area contributed by atoms with Gasteiger partial charge in [-0.2, -0.15) is 0 Å². The van der Waals surface area contributed by atoms with Crippen LogP contribution >= 0.6 is 23.2 Å². The summed E-state index contributed by atoms with van der Waals surface area (Å²) in [5.74, 6) is 0.0636. The van der Waals surface area contributed by atoms with E-state index in [9.17, 15) is 9.59 Å². The maximum atomic E-state index is 12.4. The summed E-state index contributed by atoms with van der Waals surface area (Å²) < 4.78 is 10.8. The molecule has 0 fully saturated rings. The van der Waals surface area contributed by atoms with Gasteiger partial charge >= 0.3 is 5.97 Å². The Balaban J connectivity index is 1.56. The average Bonchev–Trinajstić information content (AvgIpc) is 2.75. The van der Waals surface area contributed by atoms with Crippen molar-refractivity contribution >= 4 is 40.8 Å². The van der Waals surface area contributed by atoms with Crippen molar-refractivity contribution in [3.8, 4) is 11.5 Å². The smallest absolute Gasteiger partial charge is 0.349 e. The van der Waals surface area contributed by atoms with Gasteiger partial charge in [0.05, 0.1) is 10.7 Å². The predicted octanol–water partition coefficient (Wildman–Crippen LogP) is 5.79. The first-order valence-corrected chi connectivity index (χ1v) is 9.99. The molecule has 0 saturated heterocycles. The second-order valence-corrected chi connectivity index (χ2v) is 7.17. The molecule has 5 nitrogen and oxygen atoms in total. The zero-order chi connectivity index (χ0) is 21.5. The monoisotopic (exact) mass is 443 g/mol. The van der Waals surface area contributed by atoms with Crippen molar-refractivity contribution in [2.24, 2.45) is 0 Å². The molecule has 0 aliphatic carbocycles. The minimum atomic E-state index is -0.538. The van der Waals surface area contributed by atoms with Crippen molar-refractivity contribution in [1.29, 1.82) is 0 Å². The number of hydrogen-bond acceptors (Lipinski definition) is 4. The summed E-state index contributed by atoms with van der Waals surface area (Å²) >= 11 is 12.0. The standard InChI is InChI=1S/C23H19Cl2NO4/c1-2-15-5-3-4-6-21(15)29-14-22(27)30-18-10-7-16(8-11-18)23(28)26-20-13-17(24)9-12-19(20)25/h3-13H,2,14H2,1H3,(H,26,28). The lowest BCUT2D eigenvalue weighted by molar-refractivity contribution is -0.136. The van der Waals surface area contributed by atoms with Crippen molar-refractivity contribution in [2.75, 3.05) is 11.9 Å². The number of carbonyl (C=O) groups excluding carboxylic acids is 2. The van der Waals surface area contributed by atoms with E-state index in [0.717, 1.165) is 12.0 Å². The van der Waals surface area contributed by atoms with Crippen LogP contribution in [0.15, 0.2) is 66.7 Å². The summed E-state index contributed by atoms with van der Waals surface area (Å²) in [4.78, 5) is 24.5. The van der Waals surface area contributed by atoms with Crippen molar-refractivity contribution in [2.45, 2.75) is 13.3 Å². The minimum absolute atomic E-state index is 0.216. The lowest BCUT2D eigenvalue weighted by Gasteiger charge is -2.10. The summed E-state index contributed by atoms with van der Waals surface area (Å²) in [6, 6.07) is 18.5. The fourth-order valence-corrected chi connectivity index (χ4v) is 3.03. The highest BCUT2D eigenvalue weighted by Crippen LogP contribution is 2.26. The number of rotatable bonds is 7. The van der Waals surface area contributed by atoms with Gasteiger partial charge in [0.15, 0.2) is 6.61 Å². The fraction of sp³-hybridized carbons (Fsp3) is 0.130. The molecule has 0 aliphatic rings. The van der Waals surface area contributed by atoms with Gasteiger partial charge in [-0.3, -0.25) is 4.79 Å². The number of carbonyl (C=O) groups is 2. The number of amides is 1. The molecular weight excluding hydrogens is 425 g/mol. The van der Waals surface area contributed by atoms with Crippen LogP contribution in [0.2, 0.25) is 10.0 Å². The number of aryl methyl sites for hydroxylation is 1. The normalized spacial score (nSPS) is 10.4. The van der Waals surface area contributed by atoms with Gasteiger partial charge in [-0.25, -0.2) is 4.79 Å². The van der Waals surface area contributed by atoms with E-state index in [4.69, 9.17) is 32.7 Å². The molecule has 0 unspecified atom stereocenters. The van der Waals surface area contributed by atoms with Gasteiger partial charge in [0, 0.05) is 10.6 Å². The van der Waals surface area contributed by atoms with E-state index in [1.54, 1.807) is 30.3 Å². The van der Waals surface area contributed by atoms with Crippen LogP contribution in [0.25, 0.3) is 0 Å². The molecule has 0 atom stereocenters. The van der Waals surface area contributed by atoms with Crippen molar-refractivity contribution in [1.82, 2.24) is 0 Å². The van der Waals surface area contributed by atoms with Gasteiger partial charge < -0.3 is 14.8 Å². The van der Waals surface area contributed by atoms with Crippen LogP contribution in [-0.2, 0) is 11.2 Å². The molecule has 1 N–H and O–H groups in total. The van der Waals surface area contributed by atoms with Gasteiger partial charge in [0.25, 0.3) is 5.91 Å². The third-order valence-electron chi connectivity index (χ3n) is 4.22. The molecule has 7 heteroatoms. The Morgan fingerprint density at radius 3 is 2.43 bits per heavy atom. The van der Waals surface area contributed by atoms with E-state index < -0.39 is 5.97 Å². The first-order chi connectivity index (χ1) is 14.5. The Bertz CT molecular complexity index is 1050. The molecule has 0 bridgehead atoms. The Hall–Kier alpha value is -3.02. The van der Waals surface area contributed by atoms with Gasteiger partial charge in [0.1, 0.15) is 11.5 Å². The topological polar surface area (TPSA) is 64.6 Å². The Labute approximate surface area is 184 Å². The predicted molar refractivity (Wildman–Crippen MR) is 118 cm³/mol. The molecule has 0 heterocycles. The second-order valence-electron chi connectivity index (χ2n) is 6.33.